The van der Waals surface area contributed by atoms with Crippen molar-refractivity contribution in [3.05, 3.63) is 58.4 Å². The Balaban J connectivity index is 1.44. The second-order valence-corrected chi connectivity index (χ2v) is 16.9. The summed E-state index contributed by atoms with van der Waals surface area (Å²) in [6.07, 6.45) is 7.25. The summed E-state index contributed by atoms with van der Waals surface area (Å²) < 4.78 is 62.2. The summed E-state index contributed by atoms with van der Waals surface area (Å²) in [5, 5.41) is 25.5. The molecule has 6 rings (SSSR count). The number of nitrogens with zero attached hydrogens (tertiary/aromatic N) is 6. The number of rotatable bonds is 12. The fraction of sp³-hybridized carbons (Fsp3) is 0.467. The molecule has 0 bridgehead atoms. The molecule has 4 aromatic heterocycles. The van der Waals surface area contributed by atoms with Gasteiger partial charge in [-0.25, -0.2) is 36.8 Å². The maximum Gasteiger partial charge on any atom is 0.223 e. The van der Waals surface area contributed by atoms with Crippen molar-refractivity contribution in [2.24, 2.45) is 0 Å². The summed E-state index contributed by atoms with van der Waals surface area (Å²) >= 11 is 12.8. The van der Waals surface area contributed by atoms with E-state index in [2.05, 4.69) is 19.9 Å². The van der Waals surface area contributed by atoms with E-state index in [1.807, 2.05) is 6.92 Å². The largest absolute Gasteiger partial charge is 0.471 e. The molecule has 0 amide bonds. The molecule has 0 saturated carbocycles. The fourth-order valence-electron chi connectivity index (χ4n) is 5.82. The van der Waals surface area contributed by atoms with Crippen molar-refractivity contribution in [2.45, 2.75) is 50.1 Å². The zero-order valence-corrected chi connectivity index (χ0v) is 29.4. The van der Waals surface area contributed by atoms with Gasteiger partial charge in [-0.05, 0) is 42.2 Å². The standard InChI is InChI=1S/C30H34Cl2N6O8S2/c1-4-17(39)5-6-30(40,24-11-35-28(22-9-33-26(31)7-20(22)24)45-18-13-37(14-18)47(2,41)42)25-12-36-29(23-10-34-27(32)8-21(23)25)46-19-15-38(16-19)48(3,43)44/h7-12,17-19,39-40H,4-6,13-16H2,1-3H3/t17-/m0/s1. The van der Waals surface area contributed by atoms with Crippen LogP contribution >= 0.6 is 23.2 Å². The number of pyridine rings is 4. The molecule has 2 fully saturated rings. The van der Waals surface area contributed by atoms with Crippen LogP contribution in [-0.4, -0.2) is 113 Å². The number of aliphatic hydroxyl groups is 2. The van der Waals surface area contributed by atoms with E-state index in [-0.39, 0.29) is 61.1 Å². The topological polar surface area (TPSA) is 185 Å². The van der Waals surface area contributed by atoms with E-state index in [1.165, 1.54) is 33.4 Å². The lowest BCUT2D eigenvalue weighted by atomic mass is 9.79. The highest BCUT2D eigenvalue weighted by Crippen LogP contribution is 2.44. The molecule has 4 aromatic rings. The van der Waals surface area contributed by atoms with E-state index in [0.717, 1.165) is 12.5 Å². The Kier molecular flexibility index (Phi) is 9.49. The molecule has 14 nitrogen and oxygen atoms in total. The van der Waals surface area contributed by atoms with Crippen LogP contribution in [0.4, 0.5) is 0 Å². The molecule has 2 aliphatic rings. The van der Waals surface area contributed by atoms with Crippen molar-refractivity contribution in [2.75, 3.05) is 38.7 Å². The first kappa shape index (κ1) is 34.9. The number of halogens is 2. The molecule has 2 saturated heterocycles. The van der Waals surface area contributed by atoms with E-state index < -0.39 is 44.0 Å². The smallest absolute Gasteiger partial charge is 0.223 e. The molecular weight excluding hydrogens is 707 g/mol. The van der Waals surface area contributed by atoms with E-state index >= 15 is 0 Å². The first-order chi connectivity index (χ1) is 22.6. The zero-order chi connectivity index (χ0) is 34.6. The summed E-state index contributed by atoms with van der Waals surface area (Å²) in [6, 6.07) is 3.16. The average Bonchev–Trinajstić information content (AvgIpc) is 2.97. The minimum atomic E-state index is -3.35. The van der Waals surface area contributed by atoms with E-state index in [4.69, 9.17) is 32.7 Å². The van der Waals surface area contributed by atoms with Gasteiger partial charge in [-0.2, -0.15) is 8.61 Å². The van der Waals surface area contributed by atoms with E-state index in [0.29, 0.717) is 39.1 Å². The van der Waals surface area contributed by atoms with Crippen molar-refractivity contribution in [1.82, 2.24) is 28.5 Å². The van der Waals surface area contributed by atoms with Crippen molar-refractivity contribution in [1.29, 1.82) is 0 Å². The Hall–Kier alpha value is -2.96. The molecule has 2 N–H and O–H groups in total. The van der Waals surface area contributed by atoms with Crippen LogP contribution in [0.1, 0.15) is 37.3 Å². The first-order valence-corrected chi connectivity index (χ1v) is 19.6. The third-order valence-electron chi connectivity index (χ3n) is 8.73. The molecule has 18 heteroatoms. The van der Waals surface area contributed by atoms with Crippen LogP contribution in [0.2, 0.25) is 10.3 Å². The SMILES string of the molecule is CC[C@H](O)CCC(O)(c1cnc(OC2CN(S(C)(=O)=O)C2)c2cnc(Cl)cc12)c1cnc(OC2CN(S(C)(=O)=O)C2)c2cnc(Cl)cc12. The fourth-order valence-corrected chi connectivity index (χ4v) is 7.88. The van der Waals surface area contributed by atoms with Gasteiger partial charge in [0.2, 0.25) is 31.8 Å². The normalized spacial score (nSPS) is 17.7. The number of ether oxygens (including phenoxy) is 2. The van der Waals surface area contributed by atoms with Crippen LogP contribution in [0, 0.1) is 0 Å². The Bertz CT molecular complexity index is 1960. The lowest BCUT2D eigenvalue weighted by molar-refractivity contribution is 0.0486. The monoisotopic (exact) mass is 740 g/mol. The van der Waals surface area contributed by atoms with Crippen LogP contribution in [0.5, 0.6) is 11.8 Å². The number of hydrogen-bond donors (Lipinski definition) is 2. The lowest BCUT2D eigenvalue weighted by Gasteiger charge is -2.37. The van der Waals surface area contributed by atoms with Gasteiger partial charge in [0.05, 0.1) is 55.6 Å². The van der Waals surface area contributed by atoms with Gasteiger partial charge in [0.25, 0.3) is 0 Å². The van der Waals surface area contributed by atoms with Gasteiger partial charge in [-0.3, -0.25) is 0 Å². The van der Waals surface area contributed by atoms with Crippen molar-refractivity contribution in [3.8, 4) is 11.8 Å². The van der Waals surface area contributed by atoms with Gasteiger partial charge in [-0.15, -0.1) is 0 Å². The maximum absolute atomic E-state index is 12.8. The number of aliphatic hydroxyl groups excluding tert-OH is 1. The average molecular weight is 742 g/mol. The molecule has 48 heavy (non-hydrogen) atoms. The second-order valence-electron chi connectivity index (χ2n) is 12.2. The summed E-state index contributed by atoms with van der Waals surface area (Å²) in [7, 11) is -6.71. The number of sulfonamides is 2. The Labute approximate surface area is 287 Å². The molecule has 0 aromatic carbocycles. The third-order valence-corrected chi connectivity index (χ3v) is 11.6. The number of fused-ring (bicyclic) bond motifs is 2. The van der Waals surface area contributed by atoms with Gasteiger partial charge in [0.1, 0.15) is 28.1 Å². The minimum Gasteiger partial charge on any atom is -0.471 e. The van der Waals surface area contributed by atoms with Crippen molar-refractivity contribution >= 4 is 64.8 Å². The van der Waals surface area contributed by atoms with E-state index in [9.17, 15) is 27.0 Å². The number of hydrogen-bond acceptors (Lipinski definition) is 12. The van der Waals surface area contributed by atoms with Crippen LogP contribution in [0.15, 0.2) is 36.9 Å². The molecule has 0 aliphatic carbocycles. The Morgan fingerprint density at radius 1 is 0.792 bits per heavy atom. The highest BCUT2D eigenvalue weighted by molar-refractivity contribution is 7.88. The molecular formula is C30H34Cl2N6O8S2. The summed E-state index contributed by atoms with van der Waals surface area (Å²) in [5.74, 6) is 0.379. The molecule has 0 spiro atoms. The van der Waals surface area contributed by atoms with Gasteiger partial charge in [-0.1, -0.05) is 30.1 Å². The quantitative estimate of drug-likeness (QED) is 0.203. The molecule has 2 aliphatic heterocycles. The second kappa shape index (κ2) is 13.1. The summed E-state index contributed by atoms with van der Waals surface area (Å²) in [4.78, 5) is 17.5. The molecule has 1 atom stereocenters. The van der Waals surface area contributed by atoms with Crippen LogP contribution in [0.25, 0.3) is 21.5 Å². The summed E-state index contributed by atoms with van der Waals surface area (Å²) in [5.41, 5.74) is -1.17. The summed E-state index contributed by atoms with van der Waals surface area (Å²) in [6.45, 7) is 2.49. The highest BCUT2D eigenvalue weighted by atomic mass is 35.5. The predicted octanol–water partition coefficient (Wildman–Crippen LogP) is 2.71. The minimum absolute atomic E-state index is 0.0355. The first-order valence-electron chi connectivity index (χ1n) is 15.1. The predicted molar refractivity (Wildman–Crippen MR) is 179 cm³/mol. The van der Waals surface area contributed by atoms with Crippen molar-refractivity contribution < 1.29 is 36.5 Å². The Morgan fingerprint density at radius 2 is 1.21 bits per heavy atom. The highest BCUT2D eigenvalue weighted by Gasteiger charge is 2.40. The molecule has 258 valence electrons. The van der Waals surface area contributed by atoms with E-state index in [1.54, 1.807) is 12.1 Å². The zero-order valence-electron chi connectivity index (χ0n) is 26.2. The maximum atomic E-state index is 12.8. The van der Waals surface area contributed by atoms with Gasteiger partial charge in [0, 0.05) is 35.9 Å². The Morgan fingerprint density at radius 3 is 1.58 bits per heavy atom. The third kappa shape index (κ3) is 6.89. The van der Waals surface area contributed by atoms with Gasteiger partial charge < -0.3 is 19.7 Å². The van der Waals surface area contributed by atoms with Crippen LogP contribution in [-0.2, 0) is 25.6 Å². The molecule has 0 unspecified atom stereocenters. The van der Waals surface area contributed by atoms with Crippen LogP contribution < -0.4 is 9.47 Å². The molecule has 6 heterocycles. The lowest BCUT2D eigenvalue weighted by Crippen LogP contribution is -2.55. The van der Waals surface area contributed by atoms with Crippen molar-refractivity contribution in [3.63, 3.8) is 0 Å². The van der Waals surface area contributed by atoms with Crippen LogP contribution in [0.3, 0.4) is 0 Å². The molecule has 0 radical (unpaired) electrons. The van der Waals surface area contributed by atoms with Gasteiger partial charge in [0.15, 0.2) is 0 Å². The van der Waals surface area contributed by atoms with Gasteiger partial charge >= 0.3 is 0 Å². The number of aromatic nitrogens is 4.